The third-order valence-corrected chi connectivity index (χ3v) is 4.62. The Bertz CT molecular complexity index is 865. The Labute approximate surface area is 140 Å². The highest BCUT2D eigenvalue weighted by Gasteiger charge is 2.20. The summed E-state index contributed by atoms with van der Waals surface area (Å²) in [4.78, 5) is 11.4. The number of halogens is 1. The van der Waals surface area contributed by atoms with Gasteiger partial charge in [0.2, 0.25) is 10.0 Å². The van der Waals surface area contributed by atoms with E-state index in [1.807, 2.05) is 13.0 Å². The highest BCUT2D eigenvalue weighted by Crippen LogP contribution is 2.23. The van der Waals surface area contributed by atoms with Crippen LogP contribution in [-0.4, -0.2) is 27.8 Å². The van der Waals surface area contributed by atoms with Crippen LogP contribution in [0.25, 0.3) is 0 Å². The number of esters is 1. The molecule has 0 aromatic heterocycles. The maximum atomic E-state index is 14.3. The van der Waals surface area contributed by atoms with Crippen molar-refractivity contribution in [1.82, 2.24) is 0 Å². The van der Waals surface area contributed by atoms with E-state index in [2.05, 4.69) is 4.74 Å². The molecule has 2 rings (SSSR count). The van der Waals surface area contributed by atoms with Crippen molar-refractivity contribution in [2.75, 3.05) is 17.7 Å². The first-order valence-electron chi connectivity index (χ1n) is 7.13. The standard InChI is InChI=1S/C17H18FNO4S/c1-12-5-4-6-15(9-12)19(24(3,21)22)11-14-8-7-13(10-16(14)18)17(20)23-2/h4-10H,11H2,1-3H3. The van der Waals surface area contributed by atoms with Crippen LogP contribution in [0.15, 0.2) is 42.5 Å². The summed E-state index contributed by atoms with van der Waals surface area (Å²) in [6.07, 6.45) is 1.07. The molecule has 0 amide bonds. The van der Waals surface area contributed by atoms with Crippen LogP contribution in [0, 0.1) is 12.7 Å². The zero-order chi connectivity index (χ0) is 17.9. The minimum Gasteiger partial charge on any atom is -0.465 e. The van der Waals surface area contributed by atoms with Gasteiger partial charge in [-0.1, -0.05) is 18.2 Å². The molecule has 2 aromatic rings. The maximum absolute atomic E-state index is 14.3. The molecule has 0 saturated heterocycles. The van der Waals surface area contributed by atoms with Gasteiger partial charge in [-0.25, -0.2) is 17.6 Å². The number of methoxy groups -OCH3 is 1. The van der Waals surface area contributed by atoms with Gasteiger partial charge in [0.1, 0.15) is 5.82 Å². The van der Waals surface area contributed by atoms with Gasteiger partial charge in [-0.2, -0.15) is 0 Å². The van der Waals surface area contributed by atoms with E-state index in [0.29, 0.717) is 5.69 Å². The molecule has 0 heterocycles. The Morgan fingerprint density at radius 2 is 1.92 bits per heavy atom. The van der Waals surface area contributed by atoms with Crippen molar-refractivity contribution in [3.63, 3.8) is 0 Å². The van der Waals surface area contributed by atoms with Gasteiger partial charge in [0.05, 0.1) is 31.2 Å². The lowest BCUT2D eigenvalue weighted by Crippen LogP contribution is -2.29. The smallest absolute Gasteiger partial charge is 0.337 e. The van der Waals surface area contributed by atoms with Crippen molar-refractivity contribution in [1.29, 1.82) is 0 Å². The number of benzene rings is 2. The number of hydrogen-bond acceptors (Lipinski definition) is 4. The monoisotopic (exact) mass is 351 g/mol. The fourth-order valence-corrected chi connectivity index (χ4v) is 3.13. The molecule has 0 N–H and O–H groups in total. The van der Waals surface area contributed by atoms with Gasteiger partial charge in [-0.15, -0.1) is 0 Å². The van der Waals surface area contributed by atoms with Crippen LogP contribution < -0.4 is 4.31 Å². The van der Waals surface area contributed by atoms with Gasteiger partial charge in [0.25, 0.3) is 0 Å². The van der Waals surface area contributed by atoms with E-state index < -0.39 is 21.8 Å². The number of carbonyl (C=O) groups is 1. The first-order chi connectivity index (χ1) is 11.2. The highest BCUT2D eigenvalue weighted by atomic mass is 32.2. The lowest BCUT2D eigenvalue weighted by Gasteiger charge is -2.23. The quantitative estimate of drug-likeness (QED) is 0.777. The molecule has 7 heteroatoms. The maximum Gasteiger partial charge on any atom is 0.337 e. The second kappa shape index (κ2) is 7.00. The first-order valence-corrected chi connectivity index (χ1v) is 8.98. The third-order valence-electron chi connectivity index (χ3n) is 3.48. The van der Waals surface area contributed by atoms with E-state index in [1.165, 1.54) is 19.2 Å². The lowest BCUT2D eigenvalue weighted by atomic mass is 10.1. The van der Waals surface area contributed by atoms with Gasteiger partial charge in [-0.3, -0.25) is 4.31 Å². The van der Waals surface area contributed by atoms with Crippen LogP contribution in [0.3, 0.4) is 0 Å². The number of carbonyl (C=O) groups excluding carboxylic acids is 1. The number of nitrogens with zero attached hydrogens (tertiary/aromatic N) is 1. The number of rotatable bonds is 5. The van der Waals surface area contributed by atoms with Crippen molar-refractivity contribution in [2.24, 2.45) is 0 Å². The molecular formula is C17H18FNO4S. The van der Waals surface area contributed by atoms with Crippen molar-refractivity contribution >= 4 is 21.7 Å². The predicted octanol–water partition coefficient (Wildman–Crippen LogP) is 2.89. The fraction of sp³-hybridized carbons (Fsp3) is 0.235. The minimum atomic E-state index is -3.61. The molecule has 24 heavy (non-hydrogen) atoms. The van der Waals surface area contributed by atoms with Gasteiger partial charge in [0.15, 0.2) is 0 Å². The van der Waals surface area contributed by atoms with E-state index in [-0.39, 0.29) is 17.7 Å². The normalized spacial score (nSPS) is 11.2. The lowest BCUT2D eigenvalue weighted by molar-refractivity contribution is 0.0600. The molecule has 2 aromatic carbocycles. The Hall–Kier alpha value is -2.41. The van der Waals surface area contributed by atoms with E-state index in [1.54, 1.807) is 18.2 Å². The Balaban J connectivity index is 2.39. The number of hydrogen-bond donors (Lipinski definition) is 0. The van der Waals surface area contributed by atoms with Crippen LogP contribution >= 0.6 is 0 Å². The summed E-state index contributed by atoms with van der Waals surface area (Å²) >= 11 is 0. The molecule has 0 unspecified atom stereocenters. The second-order valence-electron chi connectivity index (χ2n) is 5.41. The van der Waals surface area contributed by atoms with Gasteiger partial charge in [0, 0.05) is 5.56 Å². The van der Waals surface area contributed by atoms with E-state index in [9.17, 15) is 17.6 Å². The zero-order valence-electron chi connectivity index (χ0n) is 13.6. The molecule has 5 nitrogen and oxygen atoms in total. The first kappa shape index (κ1) is 17.9. The molecule has 0 spiro atoms. The van der Waals surface area contributed by atoms with Crippen molar-refractivity contribution < 1.29 is 22.3 Å². The molecule has 0 saturated carbocycles. The SMILES string of the molecule is COC(=O)c1ccc(CN(c2cccc(C)c2)S(C)(=O)=O)c(F)c1. The summed E-state index contributed by atoms with van der Waals surface area (Å²) in [5.41, 5.74) is 1.58. The summed E-state index contributed by atoms with van der Waals surface area (Å²) in [5, 5.41) is 0. The molecule has 0 radical (unpaired) electrons. The summed E-state index contributed by atoms with van der Waals surface area (Å²) in [7, 11) is -2.40. The Morgan fingerprint density at radius 3 is 2.46 bits per heavy atom. The van der Waals surface area contributed by atoms with Crippen molar-refractivity contribution in [3.05, 3.63) is 65.0 Å². The largest absolute Gasteiger partial charge is 0.465 e. The number of sulfonamides is 1. The molecule has 0 aliphatic heterocycles. The average Bonchev–Trinajstić information content (AvgIpc) is 2.51. The van der Waals surface area contributed by atoms with Crippen LogP contribution in [0.5, 0.6) is 0 Å². The Kier molecular flexibility index (Phi) is 5.23. The summed E-state index contributed by atoms with van der Waals surface area (Å²) in [6, 6.07) is 10.8. The van der Waals surface area contributed by atoms with Gasteiger partial charge in [-0.05, 0) is 36.8 Å². The van der Waals surface area contributed by atoms with Gasteiger partial charge < -0.3 is 4.74 Å². The third kappa shape index (κ3) is 4.11. The zero-order valence-corrected chi connectivity index (χ0v) is 14.4. The highest BCUT2D eigenvalue weighted by molar-refractivity contribution is 7.92. The predicted molar refractivity (Wildman–Crippen MR) is 89.9 cm³/mol. The molecule has 0 aliphatic rings. The average molecular weight is 351 g/mol. The minimum absolute atomic E-state index is 0.0696. The molecular weight excluding hydrogens is 333 g/mol. The van der Waals surface area contributed by atoms with E-state index in [4.69, 9.17) is 0 Å². The Morgan fingerprint density at radius 1 is 1.21 bits per heavy atom. The van der Waals surface area contributed by atoms with Crippen molar-refractivity contribution in [3.8, 4) is 0 Å². The van der Waals surface area contributed by atoms with Gasteiger partial charge >= 0.3 is 5.97 Å². The topological polar surface area (TPSA) is 63.7 Å². The molecule has 128 valence electrons. The molecule has 0 bridgehead atoms. The summed E-state index contributed by atoms with van der Waals surface area (Å²) < 4.78 is 44.1. The van der Waals surface area contributed by atoms with Crippen LogP contribution in [0.2, 0.25) is 0 Å². The number of aryl methyl sites for hydroxylation is 1. The number of ether oxygens (including phenoxy) is 1. The molecule has 0 fully saturated rings. The van der Waals surface area contributed by atoms with E-state index in [0.717, 1.165) is 22.2 Å². The van der Waals surface area contributed by atoms with Crippen molar-refractivity contribution in [2.45, 2.75) is 13.5 Å². The van der Waals surface area contributed by atoms with E-state index >= 15 is 0 Å². The summed E-state index contributed by atoms with van der Waals surface area (Å²) in [5.74, 6) is -1.32. The molecule has 0 atom stereocenters. The number of anilines is 1. The van der Waals surface area contributed by atoms with Crippen LogP contribution in [0.1, 0.15) is 21.5 Å². The van der Waals surface area contributed by atoms with Crippen LogP contribution in [0.4, 0.5) is 10.1 Å². The summed E-state index contributed by atoms with van der Waals surface area (Å²) in [6.45, 7) is 1.67. The van der Waals surface area contributed by atoms with Crippen LogP contribution in [-0.2, 0) is 21.3 Å². The molecule has 0 aliphatic carbocycles. The fourth-order valence-electron chi connectivity index (χ4n) is 2.26. The second-order valence-corrected chi connectivity index (χ2v) is 7.31.